The average Bonchev–Trinajstić information content (AvgIpc) is 2.85. The van der Waals surface area contributed by atoms with Crippen molar-refractivity contribution in [1.29, 1.82) is 0 Å². The van der Waals surface area contributed by atoms with E-state index < -0.39 is 0 Å². The zero-order valence-corrected chi connectivity index (χ0v) is 10.2. The first-order valence-corrected chi connectivity index (χ1v) is 6.04. The van der Waals surface area contributed by atoms with E-state index in [-0.39, 0.29) is 18.8 Å². The Morgan fingerprint density at radius 1 is 1.33 bits per heavy atom. The van der Waals surface area contributed by atoms with Crippen molar-refractivity contribution >= 4 is 5.91 Å². The van der Waals surface area contributed by atoms with Crippen molar-refractivity contribution in [3.8, 4) is 11.5 Å². The number of nitrogens with zero attached hydrogens (tertiary/aromatic N) is 1. The lowest BCUT2D eigenvalue weighted by molar-refractivity contribution is -0.0124. The third kappa shape index (κ3) is 2.01. The van der Waals surface area contributed by atoms with Crippen LogP contribution in [0, 0.1) is 0 Å². The van der Waals surface area contributed by atoms with Gasteiger partial charge in [-0.25, -0.2) is 0 Å². The van der Waals surface area contributed by atoms with Crippen molar-refractivity contribution in [3.05, 3.63) is 23.8 Å². The van der Waals surface area contributed by atoms with Gasteiger partial charge in [0, 0.05) is 18.7 Å². The number of amides is 1. The van der Waals surface area contributed by atoms with Crippen molar-refractivity contribution in [2.75, 3.05) is 26.5 Å². The molecule has 1 aromatic carbocycles. The second kappa shape index (κ2) is 4.49. The summed E-state index contributed by atoms with van der Waals surface area (Å²) >= 11 is 0. The van der Waals surface area contributed by atoms with Crippen LogP contribution >= 0.6 is 0 Å². The molecule has 18 heavy (non-hydrogen) atoms. The molecule has 1 saturated heterocycles. The summed E-state index contributed by atoms with van der Waals surface area (Å²) in [7, 11) is 0. The summed E-state index contributed by atoms with van der Waals surface area (Å²) in [5.74, 6) is 1.35. The molecule has 0 bridgehead atoms. The van der Waals surface area contributed by atoms with Crippen LogP contribution in [0.3, 0.4) is 0 Å². The molecular weight excluding hydrogens is 234 g/mol. The van der Waals surface area contributed by atoms with Gasteiger partial charge < -0.3 is 19.1 Å². The van der Waals surface area contributed by atoms with Crippen molar-refractivity contribution in [3.63, 3.8) is 0 Å². The Morgan fingerprint density at radius 2 is 2.17 bits per heavy atom. The fraction of sp³-hybridized carbons (Fsp3) is 0.462. The van der Waals surface area contributed by atoms with Gasteiger partial charge in [0.05, 0.1) is 12.7 Å². The molecule has 0 unspecified atom stereocenters. The standard InChI is InChI=1S/C13H15NO4/c1-9-7-14(4-5-16-9)13(15)10-2-3-11-12(6-10)18-8-17-11/h2-3,6,9H,4-5,7-8H2,1H3/t9-/m0/s1. The van der Waals surface area contributed by atoms with Gasteiger partial charge in [-0.15, -0.1) is 0 Å². The number of hydrogen-bond donors (Lipinski definition) is 0. The summed E-state index contributed by atoms with van der Waals surface area (Å²) in [5, 5.41) is 0. The first-order valence-electron chi connectivity index (χ1n) is 6.04. The molecule has 5 heteroatoms. The lowest BCUT2D eigenvalue weighted by Gasteiger charge is -2.31. The maximum absolute atomic E-state index is 12.3. The van der Waals surface area contributed by atoms with E-state index in [2.05, 4.69) is 0 Å². The van der Waals surface area contributed by atoms with E-state index in [0.29, 0.717) is 36.8 Å². The number of rotatable bonds is 1. The number of benzene rings is 1. The molecule has 0 aromatic heterocycles. The molecular formula is C13H15NO4. The van der Waals surface area contributed by atoms with Gasteiger partial charge in [0.25, 0.3) is 5.91 Å². The van der Waals surface area contributed by atoms with Crippen LogP contribution in [0.2, 0.25) is 0 Å². The largest absolute Gasteiger partial charge is 0.454 e. The zero-order chi connectivity index (χ0) is 12.5. The van der Waals surface area contributed by atoms with Crippen LogP contribution in [0.4, 0.5) is 0 Å². The third-order valence-electron chi connectivity index (χ3n) is 3.15. The maximum atomic E-state index is 12.3. The molecule has 2 aliphatic heterocycles. The van der Waals surface area contributed by atoms with Gasteiger partial charge >= 0.3 is 0 Å². The second-order valence-corrected chi connectivity index (χ2v) is 4.50. The SMILES string of the molecule is C[C@H]1CN(C(=O)c2ccc3c(c2)OCO3)CCO1. The quantitative estimate of drug-likeness (QED) is 0.752. The molecule has 1 fully saturated rings. The van der Waals surface area contributed by atoms with Gasteiger partial charge in [0.15, 0.2) is 11.5 Å². The molecule has 3 rings (SSSR count). The Hall–Kier alpha value is -1.75. The highest BCUT2D eigenvalue weighted by atomic mass is 16.7. The van der Waals surface area contributed by atoms with Crippen LogP contribution in [0.1, 0.15) is 17.3 Å². The molecule has 0 saturated carbocycles. The Bertz CT molecular complexity index is 474. The predicted molar refractivity (Wildman–Crippen MR) is 63.9 cm³/mol. The fourth-order valence-corrected chi connectivity index (χ4v) is 2.22. The molecule has 1 aromatic rings. The summed E-state index contributed by atoms with van der Waals surface area (Å²) in [6.07, 6.45) is 0.0942. The van der Waals surface area contributed by atoms with Crippen LogP contribution in [0.5, 0.6) is 11.5 Å². The smallest absolute Gasteiger partial charge is 0.254 e. The topological polar surface area (TPSA) is 48.0 Å². The number of ether oxygens (including phenoxy) is 3. The highest BCUT2D eigenvalue weighted by molar-refractivity contribution is 5.95. The number of fused-ring (bicyclic) bond motifs is 1. The first-order chi connectivity index (χ1) is 8.74. The minimum absolute atomic E-state index is 0.0171. The van der Waals surface area contributed by atoms with E-state index in [1.165, 1.54) is 0 Å². The van der Waals surface area contributed by atoms with Crippen molar-refractivity contribution < 1.29 is 19.0 Å². The second-order valence-electron chi connectivity index (χ2n) is 4.50. The van der Waals surface area contributed by atoms with Gasteiger partial charge in [-0.2, -0.15) is 0 Å². The van der Waals surface area contributed by atoms with Crippen molar-refractivity contribution in [2.45, 2.75) is 13.0 Å². The van der Waals surface area contributed by atoms with E-state index in [1.807, 2.05) is 11.8 Å². The normalized spacial score (nSPS) is 22.1. The van der Waals surface area contributed by atoms with E-state index in [1.54, 1.807) is 18.2 Å². The zero-order valence-electron chi connectivity index (χ0n) is 10.2. The molecule has 2 aliphatic rings. The van der Waals surface area contributed by atoms with Crippen LogP contribution in [0.25, 0.3) is 0 Å². The van der Waals surface area contributed by atoms with Crippen molar-refractivity contribution in [2.24, 2.45) is 0 Å². The summed E-state index contributed by atoms with van der Waals surface area (Å²) in [5.41, 5.74) is 0.633. The van der Waals surface area contributed by atoms with Crippen molar-refractivity contribution in [1.82, 2.24) is 4.90 Å². The molecule has 96 valence electrons. The summed E-state index contributed by atoms with van der Waals surface area (Å²) in [6, 6.07) is 5.29. The Kier molecular flexibility index (Phi) is 2.83. The fourth-order valence-electron chi connectivity index (χ4n) is 2.22. The Balaban J connectivity index is 1.79. The van der Waals surface area contributed by atoms with Gasteiger partial charge in [0.1, 0.15) is 0 Å². The Morgan fingerprint density at radius 3 is 3.00 bits per heavy atom. The molecule has 0 aliphatic carbocycles. The number of morpholine rings is 1. The predicted octanol–water partition coefficient (Wildman–Crippen LogP) is 1.28. The molecule has 0 radical (unpaired) electrons. The number of carbonyl (C=O) groups is 1. The molecule has 2 heterocycles. The monoisotopic (exact) mass is 249 g/mol. The van der Waals surface area contributed by atoms with Gasteiger partial charge in [0.2, 0.25) is 6.79 Å². The first kappa shape index (κ1) is 11.3. The summed E-state index contributed by atoms with van der Waals surface area (Å²) < 4.78 is 15.9. The van der Waals surface area contributed by atoms with E-state index in [0.717, 1.165) is 0 Å². The molecule has 5 nitrogen and oxygen atoms in total. The average molecular weight is 249 g/mol. The van der Waals surface area contributed by atoms with E-state index in [9.17, 15) is 4.79 Å². The van der Waals surface area contributed by atoms with Gasteiger partial charge in [-0.3, -0.25) is 4.79 Å². The summed E-state index contributed by atoms with van der Waals surface area (Å²) in [6.45, 7) is 4.06. The lowest BCUT2D eigenvalue weighted by atomic mass is 10.1. The summed E-state index contributed by atoms with van der Waals surface area (Å²) in [4.78, 5) is 14.1. The van der Waals surface area contributed by atoms with Crippen LogP contribution in [-0.2, 0) is 4.74 Å². The minimum Gasteiger partial charge on any atom is -0.454 e. The maximum Gasteiger partial charge on any atom is 0.254 e. The van der Waals surface area contributed by atoms with Crippen LogP contribution in [-0.4, -0.2) is 43.4 Å². The lowest BCUT2D eigenvalue weighted by Crippen LogP contribution is -2.44. The van der Waals surface area contributed by atoms with E-state index in [4.69, 9.17) is 14.2 Å². The molecule has 1 amide bonds. The highest BCUT2D eigenvalue weighted by Crippen LogP contribution is 2.32. The molecule has 0 spiro atoms. The molecule has 1 atom stereocenters. The molecule has 0 N–H and O–H groups in total. The highest BCUT2D eigenvalue weighted by Gasteiger charge is 2.24. The minimum atomic E-state index is 0.0171. The van der Waals surface area contributed by atoms with Crippen LogP contribution < -0.4 is 9.47 Å². The Labute approximate surface area is 105 Å². The number of carbonyl (C=O) groups excluding carboxylic acids is 1. The third-order valence-corrected chi connectivity index (χ3v) is 3.15. The van der Waals surface area contributed by atoms with Crippen LogP contribution in [0.15, 0.2) is 18.2 Å². The van der Waals surface area contributed by atoms with E-state index >= 15 is 0 Å². The van der Waals surface area contributed by atoms with Gasteiger partial charge in [-0.1, -0.05) is 0 Å². The number of hydrogen-bond acceptors (Lipinski definition) is 4. The van der Waals surface area contributed by atoms with Gasteiger partial charge in [-0.05, 0) is 25.1 Å².